The standard InChI is InChI=1S/C22H26ClN3O3/c1-4-12-29-19-11-10-18(23)13-17(19)14-24-26-22(28)20(15(2)3)25-21(27)16-8-6-5-7-9-16/h5-11,13-15,20H,4,12H2,1-3H3,(H,25,27)(H,26,28)/b24-14+. The van der Waals surface area contributed by atoms with Crippen LogP contribution < -0.4 is 15.5 Å². The molecule has 1 unspecified atom stereocenters. The molecule has 2 N–H and O–H groups in total. The van der Waals surface area contributed by atoms with Gasteiger partial charge in [-0.3, -0.25) is 9.59 Å². The Hall–Kier alpha value is -2.86. The van der Waals surface area contributed by atoms with E-state index in [9.17, 15) is 9.59 Å². The van der Waals surface area contributed by atoms with Crippen molar-refractivity contribution >= 4 is 29.6 Å². The maximum atomic E-state index is 12.6. The highest BCUT2D eigenvalue weighted by Gasteiger charge is 2.24. The molecule has 1 atom stereocenters. The van der Waals surface area contributed by atoms with Crippen molar-refractivity contribution in [2.75, 3.05) is 6.61 Å². The Kier molecular flexibility index (Phi) is 8.68. The van der Waals surface area contributed by atoms with E-state index in [-0.39, 0.29) is 11.8 Å². The van der Waals surface area contributed by atoms with Crippen molar-refractivity contribution < 1.29 is 14.3 Å². The number of rotatable bonds is 9. The Bertz CT molecular complexity index is 854. The third-order valence-corrected chi connectivity index (χ3v) is 4.32. The lowest BCUT2D eigenvalue weighted by Gasteiger charge is -2.20. The van der Waals surface area contributed by atoms with Gasteiger partial charge in [-0.05, 0) is 42.7 Å². The molecule has 154 valence electrons. The number of carbonyl (C=O) groups is 2. The van der Waals surface area contributed by atoms with E-state index >= 15 is 0 Å². The van der Waals surface area contributed by atoms with Gasteiger partial charge in [0.2, 0.25) is 0 Å². The van der Waals surface area contributed by atoms with Gasteiger partial charge in [0.05, 0.1) is 12.8 Å². The molecule has 0 bridgehead atoms. The lowest BCUT2D eigenvalue weighted by Crippen LogP contribution is -2.48. The Morgan fingerprint density at radius 1 is 1.17 bits per heavy atom. The molecule has 0 saturated carbocycles. The summed E-state index contributed by atoms with van der Waals surface area (Å²) >= 11 is 6.05. The van der Waals surface area contributed by atoms with Crippen LogP contribution in [-0.4, -0.2) is 30.7 Å². The van der Waals surface area contributed by atoms with E-state index in [1.807, 2.05) is 26.8 Å². The first-order valence-electron chi connectivity index (χ1n) is 9.53. The highest BCUT2D eigenvalue weighted by atomic mass is 35.5. The predicted octanol–water partition coefficient (Wildman–Crippen LogP) is 4.03. The molecule has 0 aliphatic heterocycles. The molecule has 0 aromatic heterocycles. The summed E-state index contributed by atoms with van der Waals surface area (Å²) in [4.78, 5) is 24.9. The van der Waals surface area contributed by atoms with Gasteiger partial charge < -0.3 is 10.1 Å². The van der Waals surface area contributed by atoms with Gasteiger partial charge in [0.1, 0.15) is 11.8 Å². The van der Waals surface area contributed by atoms with E-state index in [1.54, 1.807) is 42.5 Å². The zero-order valence-electron chi connectivity index (χ0n) is 16.8. The quantitative estimate of drug-likeness (QED) is 0.479. The van der Waals surface area contributed by atoms with E-state index in [0.29, 0.717) is 28.5 Å². The summed E-state index contributed by atoms with van der Waals surface area (Å²) in [6.07, 6.45) is 2.35. The number of amides is 2. The van der Waals surface area contributed by atoms with Crippen molar-refractivity contribution in [3.05, 3.63) is 64.7 Å². The van der Waals surface area contributed by atoms with E-state index in [2.05, 4.69) is 15.8 Å². The fourth-order valence-corrected chi connectivity index (χ4v) is 2.73. The number of hydrogen-bond acceptors (Lipinski definition) is 4. The largest absolute Gasteiger partial charge is 0.493 e. The van der Waals surface area contributed by atoms with Crippen molar-refractivity contribution in [2.45, 2.75) is 33.2 Å². The first kappa shape index (κ1) is 22.4. The van der Waals surface area contributed by atoms with Crippen LogP contribution in [0.1, 0.15) is 43.1 Å². The van der Waals surface area contributed by atoms with Gasteiger partial charge in [-0.15, -0.1) is 0 Å². The number of nitrogens with one attached hydrogen (secondary N) is 2. The molecule has 0 radical (unpaired) electrons. The summed E-state index contributed by atoms with van der Waals surface area (Å²) in [7, 11) is 0. The highest BCUT2D eigenvalue weighted by molar-refractivity contribution is 6.30. The van der Waals surface area contributed by atoms with Crippen LogP contribution in [0.25, 0.3) is 0 Å². The fourth-order valence-electron chi connectivity index (χ4n) is 2.55. The van der Waals surface area contributed by atoms with Crippen LogP contribution in [0.2, 0.25) is 5.02 Å². The number of ether oxygens (including phenoxy) is 1. The SMILES string of the molecule is CCCOc1ccc(Cl)cc1/C=N/NC(=O)C(NC(=O)c1ccccc1)C(C)C. The van der Waals surface area contributed by atoms with E-state index in [4.69, 9.17) is 16.3 Å². The van der Waals surface area contributed by atoms with E-state index in [1.165, 1.54) is 6.21 Å². The third-order valence-electron chi connectivity index (χ3n) is 4.08. The Labute approximate surface area is 176 Å². The molecule has 0 spiro atoms. The lowest BCUT2D eigenvalue weighted by molar-refractivity contribution is -0.123. The normalized spacial score (nSPS) is 12.0. The summed E-state index contributed by atoms with van der Waals surface area (Å²) < 4.78 is 5.67. The summed E-state index contributed by atoms with van der Waals surface area (Å²) in [5, 5.41) is 7.32. The number of hydrazone groups is 1. The second-order valence-electron chi connectivity index (χ2n) is 6.83. The van der Waals surface area contributed by atoms with E-state index < -0.39 is 11.9 Å². The minimum atomic E-state index is -0.727. The minimum Gasteiger partial charge on any atom is -0.493 e. The molecule has 6 nitrogen and oxygen atoms in total. The molecule has 2 aromatic rings. The van der Waals surface area contributed by atoms with Gasteiger partial charge in [0.15, 0.2) is 0 Å². The smallest absolute Gasteiger partial charge is 0.262 e. The zero-order chi connectivity index (χ0) is 21.2. The molecule has 7 heteroatoms. The summed E-state index contributed by atoms with van der Waals surface area (Å²) in [6.45, 7) is 6.29. The van der Waals surface area contributed by atoms with Crippen molar-refractivity contribution in [3.63, 3.8) is 0 Å². The Morgan fingerprint density at radius 3 is 2.55 bits per heavy atom. The van der Waals surface area contributed by atoms with Crippen LogP contribution in [-0.2, 0) is 4.79 Å². The predicted molar refractivity (Wildman–Crippen MR) is 116 cm³/mol. The van der Waals surface area contributed by atoms with Crippen molar-refractivity contribution in [1.82, 2.24) is 10.7 Å². The number of nitrogens with zero attached hydrogens (tertiary/aromatic N) is 1. The second kappa shape index (κ2) is 11.2. The van der Waals surface area contributed by atoms with Crippen LogP contribution >= 0.6 is 11.6 Å². The van der Waals surface area contributed by atoms with Crippen LogP contribution in [0.15, 0.2) is 53.6 Å². The molecule has 2 rings (SSSR count). The highest BCUT2D eigenvalue weighted by Crippen LogP contribution is 2.21. The summed E-state index contributed by atoms with van der Waals surface area (Å²) in [6, 6.07) is 13.2. The van der Waals surface area contributed by atoms with Crippen LogP contribution in [0.5, 0.6) is 5.75 Å². The molecule has 0 heterocycles. The maximum absolute atomic E-state index is 12.6. The van der Waals surface area contributed by atoms with Crippen molar-refractivity contribution in [1.29, 1.82) is 0 Å². The number of hydrogen-bond donors (Lipinski definition) is 2. The average Bonchev–Trinajstić information content (AvgIpc) is 2.71. The van der Waals surface area contributed by atoms with Gasteiger partial charge in [0.25, 0.3) is 11.8 Å². The van der Waals surface area contributed by atoms with Crippen molar-refractivity contribution in [3.8, 4) is 5.75 Å². The van der Waals surface area contributed by atoms with Gasteiger partial charge in [-0.1, -0.05) is 50.6 Å². The van der Waals surface area contributed by atoms with Crippen LogP contribution in [0.3, 0.4) is 0 Å². The molecule has 0 aliphatic rings. The number of benzene rings is 2. The zero-order valence-corrected chi connectivity index (χ0v) is 17.6. The lowest BCUT2D eigenvalue weighted by atomic mass is 10.0. The minimum absolute atomic E-state index is 0.118. The molecule has 2 amide bonds. The van der Waals surface area contributed by atoms with Crippen LogP contribution in [0, 0.1) is 5.92 Å². The van der Waals surface area contributed by atoms with Gasteiger partial charge in [-0.2, -0.15) is 5.10 Å². The molecule has 29 heavy (non-hydrogen) atoms. The first-order valence-corrected chi connectivity index (χ1v) is 9.91. The Morgan fingerprint density at radius 2 is 1.90 bits per heavy atom. The Balaban J connectivity index is 2.05. The van der Waals surface area contributed by atoms with Gasteiger partial charge in [0, 0.05) is 16.1 Å². The van der Waals surface area contributed by atoms with Crippen molar-refractivity contribution in [2.24, 2.45) is 11.0 Å². The van der Waals surface area contributed by atoms with Crippen LogP contribution in [0.4, 0.5) is 0 Å². The van der Waals surface area contributed by atoms with Gasteiger partial charge >= 0.3 is 0 Å². The molecular formula is C22H26ClN3O3. The summed E-state index contributed by atoms with van der Waals surface area (Å²) in [5.41, 5.74) is 3.63. The number of carbonyl (C=O) groups excluding carboxylic acids is 2. The molecule has 2 aromatic carbocycles. The maximum Gasteiger partial charge on any atom is 0.262 e. The van der Waals surface area contributed by atoms with E-state index in [0.717, 1.165) is 6.42 Å². The third kappa shape index (κ3) is 6.91. The second-order valence-corrected chi connectivity index (χ2v) is 7.26. The topological polar surface area (TPSA) is 79.8 Å². The molecule has 0 saturated heterocycles. The first-order chi connectivity index (χ1) is 13.9. The molecular weight excluding hydrogens is 390 g/mol. The number of halogens is 1. The fraction of sp³-hybridized carbons (Fsp3) is 0.318. The monoisotopic (exact) mass is 415 g/mol. The molecule has 0 aliphatic carbocycles. The van der Waals surface area contributed by atoms with Gasteiger partial charge in [-0.25, -0.2) is 5.43 Å². The average molecular weight is 416 g/mol. The molecule has 0 fully saturated rings. The summed E-state index contributed by atoms with van der Waals surface area (Å²) in [5.74, 6) is -0.202.